The molecule has 2 heterocycles. The molecule has 0 aromatic heterocycles. The van der Waals surface area contributed by atoms with Crippen LogP contribution in [-0.2, 0) is 4.79 Å². The van der Waals surface area contributed by atoms with E-state index in [0.29, 0.717) is 18.2 Å². The third-order valence-corrected chi connectivity index (χ3v) is 4.17. The van der Waals surface area contributed by atoms with Gasteiger partial charge in [-0.3, -0.25) is 4.79 Å². The van der Waals surface area contributed by atoms with Crippen LogP contribution in [0.5, 0.6) is 5.75 Å². The van der Waals surface area contributed by atoms with Crippen molar-refractivity contribution in [2.45, 2.75) is 25.4 Å². The molecule has 2 aliphatic heterocycles. The second kappa shape index (κ2) is 6.27. The van der Waals surface area contributed by atoms with Gasteiger partial charge in [0.15, 0.2) is 0 Å². The average Bonchev–Trinajstić information content (AvgIpc) is 2.44. The van der Waals surface area contributed by atoms with Crippen LogP contribution in [0.2, 0.25) is 0 Å². The normalized spacial score (nSPS) is 20.5. The van der Waals surface area contributed by atoms with Crippen LogP contribution in [0, 0.1) is 5.92 Å². The van der Waals surface area contributed by atoms with Gasteiger partial charge < -0.3 is 15.0 Å². The zero-order valence-corrected chi connectivity index (χ0v) is 11.8. The fraction of sp³-hybridized carbons (Fsp3) is 0.562. The molecule has 1 aromatic carbocycles. The molecule has 0 bridgehead atoms. The zero-order valence-electron chi connectivity index (χ0n) is 11.8. The number of hydrogen-bond acceptors (Lipinski definition) is 3. The number of piperidine rings is 1. The summed E-state index contributed by atoms with van der Waals surface area (Å²) in [5.74, 6) is 1.80. The second-order valence-corrected chi connectivity index (χ2v) is 5.74. The summed E-state index contributed by atoms with van der Waals surface area (Å²) in [5.41, 5.74) is 0. The first-order chi connectivity index (χ1) is 9.81. The van der Waals surface area contributed by atoms with Gasteiger partial charge in [0.05, 0.1) is 0 Å². The zero-order chi connectivity index (χ0) is 13.8. The van der Waals surface area contributed by atoms with E-state index in [1.165, 1.54) is 0 Å². The molecule has 0 unspecified atom stereocenters. The number of para-hydroxylation sites is 1. The maximum atomic E-state index is 12.1. The van der Waals surface area contributed by atoms with Gasteiger partial charge >= 0.3 is 0 Å². The van der Waals surface area contributed by atoms with Gasteiger partial charge in [0.1, 0.15) is 11.9 Å². The number of rotatable bonds is 4. The van der Waals surface area contributed by atoms with E-state index in [4.69, 9.17) is 4.74 Å². The summed E-state index contributed by atoms with van der Waals surface area (Å²) in [6.45, 7) is 3.66. The first-order valence-electron chi connectivity index (χ1n) is 7.51. The molecule has 0 saturated carbocycles. The highest BCUT2D eigenvalue weighted by Gasteiger charge is 2.27. The fourth-order valence-corrected chi connectivity index (χ4v) is 2.78. The lowest BCUT2D eigenvalue weighted by molar-refractivity contribution is -0.134. The number of carbonyl (C=O) groups excluding carboxylic acids is 1. The van der Waals surface area contributed by atoms with Gasteiger partial charge in [-0.15, -0.1) is 0 Å². The van der Waals surface area contributed by atoms with E-state index in [2.05, 4.69) is 5.32 Å². The highest BCUT2D eigenvalue weighted by Crippen LogP contribution is 2.20. The summed E-state index contributed by atoms with van der Waals surface area (Å²) in [5, 5.41) is 3.21. The first-order valence-corrected chi connectivity index (χ1v) is 7.51. The predicted molar refractivity (Wildman–Crippen MR) is 77.6 cm³/mol. The molecule has 1 aromatic rings. The lowest BCUT2D eigenvalue weighted by Crippen LogP contribution is -2.47. The minimum Gasteiger partial charge on any atom is -0.490 e. The number of likely N-dealkylation sites (tertiary alicyclic amines) is 1. The third kappa shape index (κ3) is 3.31. The molecule has 0 atom stereocenters. The molecule has 4 nitrogen and oxygen atoms in total. The molecule has 2 saturated heterocycles. The van der Waals surface area contributed by atoms with Crippen LogP contribution in [0.3, 0.4) is 0 Å². The quantitative estimate of drug-likeness (QED) is 0.908. The van der Waals surface area contributed by atoms with Gasteiger partial charge in [-0.05, 0) is 31.1 Å². The van der Waals surface area contributed by atoms with E-state index in [1.54, 1.807) is 0 Å². The van der Waals surface area contributed by atoms with Crippen molar-refractivity contribution < 1.29 is 9.53 Å². The number of nitrogens with one attached hydrogen (secondary N) is 1. The van der Waals surface area contributed by atoms with Crippen LogP contribution in [0.25, 0.3) is 0 Å². The number of ether oxygens (including phenoxy) is 1. The van der Waals surface area contributed by atoms with Gasteiger partial charge in [0.2, 0.25) is 5.91 Å². The number of amides is 1. The van der Waals surface area contributed by atoms with E-state index < -0.39 is 0 Å². The Hall–Kier alpha value is -1.55. The minimum atomic E-state index is 0.242. The molecule has 1 N–H and O–H groups in total. The smallest absolute Gasteiger partial charge is 0.222 e. The number of carbonyl (C=O) groups is 1. The van der Waals surface area contributed by atoms with E-state index in [-0.39, 0.29) is 6.10 Å². The van der Waals surface area contributed by atoms with Crippen LogP contribution < -0.4 is 10.1 Å². The van der Waals surface area contributed by atoms with Gasteiger partial charge in [-0.1, -0.05) is 18.2 Å². The molecule has 2 fully saturated rings. The third-order valence-electron chi connectivity index (χ3n) is 4.17. The molecule has 20 heavy (non-hydrogen) atoms. The topological polar surface area (TPSA) is 41.6 Å². The molecule has 4 heteroatoms. The molecule has 0 spiro atoms. The predicted octanol–water partition coefficient (Wildman–Crippen LogP) is 1.67. The van der Waals surface area contributed by atoms with Crippen LogP contribution in [0.4, 0.5) is 0 Å². The monoisotopic (exact) mass is 274 g/mol. The molecule has 3 rings (SSSR count). The Morgan fingerprint density at radius 3 is 2.50 bits per heavy atom. The van der Waals surface area contributed by atoms with Gasteiger partial charge in [0.25, 0.3) is 0 Å². The lowest BCUT2D eigenvalue weighted by atomic mass is 9.97. The maximum absolute atomic E-state index is 12.1. The van der Waals surface area contributed by atoms with Crippen molar-refractivity contribution in [3.63, 3.8) is 0 Å². The Morgan fingerprint density at radius 1 is 1.20 bits per heavy atom. The lowest BCUT2D eigenvalue weighted by Gasteiger charge is -2.34. The summed E-state index contributed by atoms with van der Waals surface area (Å²) in [6, 6.07) is 9.94. The van der Waals surface area contributed by atoms with E-state index in [9.17, 15) is 4.79 Å². The SMILES string of the molecule is O=C(CC1CNC1)N1CCC(Oc2ccccc2)CC1. The van der Waals surface area contributed by atoms with Gasteiger partial charge in [0, 0.05) is 32.4 Å². The molecule has 0 aliphatic carbocycles. The molecular formula is C16H22N2O2. The number of hydrogen-bond donors (Lipinski definition) is 1. The van der Waals surface area contributed by atoms with Gasteiger partial charge in [-0.25, -0.2) is 0 Å². The van der Waals surface area contributed by atoms with Gasteiger partial charge in [-0.2, -0.15) is 0 Å². The summed E-state index contributed by atoms with van der Waals surface area (Å²) in [4.78, 5) is 14.1. The van der Waals surface area contributed by atoms with Crippen molar-refractivity contribution in [3.05, 3.63) is 30.3 Å². The number of benzene rings is 1. The summed E-state index contributed by atoms with van der Waals surface area (Å²) in [7, 11) is 0. The Bertz CT molecular complexity index is 437. The molecule has 0 radical (unpaired) electrons. The van der Waals surface area contributed by atoms with Crippen molar-refractivity contribution in [2.24, 2.45) is 5.92 Å². The van der Waals surface area contributed by atoms with Crippen molar-refractivity contribution in [1.82, 2.24) is 10.2 Å². The first kappa shape index (κ1) is 13.4. The summed E-state index contributed by atoms with van der Waals surface area (Å²) >= 11 is 0. The second-order valence-electron chi connectivity index (χ2n) is 5.74. The summed E-state index contributed by atoms with van der Waals surface area (Å²) < 4.78 is 5.95. The Kier molecular flexibility index (Phi) is 4.21. The molecule has 2 aliphatic rings. The highest BCUT2D eigenvalue weighted by molar-refractivity contribution is 5.76. The Balaban J connectivity index is 1.43. The Labute approximate surface area is 120 Å². The molecule has 1 amide bonds. The highest BCUT2D eigenvalue weighted by atomic mass is 16.5. The van der Waals surface area contributed by atoms with Crippen LogP contribution in [-0.4, -0.2) is 43.1 Å². The van der Waals surface area contributed by atoms with Crippen molar-refractivity contribution in [2.75, 3.05) is 26.2 Å². The fourth-order valence-electron chi connectivity index (χ4n) is 2.78. The van der Waals surface area contributed by atoms with Crippen LogP contribution in [0.15, 0.2) is 30.3 Å². The van der Waals surface area contributed by atoms with E-state index in [0.717, 1.165) is 44.8 Å². The molecular weight excluding hydrogens is 252 g/mol. The Morgan fingerprint density at radius 2 is 1.90 bits per heavy atom. The largest absolute Gasteiger partial charge is 0.490 e. The van der Waals surface area contributed by atoms with Crippen LogP contribution in [0.1, 0.15) is 19.3 Å². The van der Waals surface area contributed by atoms with E-state index >= 15 is 0 Å². The van der Waals surface area contributed by atoms with Crippen molar-refractivity contribution in [1.29, 1.82) is 0 Å². The standard InChI is InChI=1S/C16H22N2O2/c19-16(10-13-11-17-12-13)18-8-6-15(7-9-18)20-14-4-2-1-3-5-14/h1-5,13,15,17H,6-12H2. The average molecular weight is 274 g/mol. The maximum Gasteiger partial charge on any atom is 0.222 e. The van der Waals surface area contributed by atoms with Crippen LogP contribution >= 0.6 is 0 Å². The number of nitrogens with zero attached hydrogens (tertiary/aromatic N) is 1. The minimum absolute atomic E-state index is 0.242. The molecule has 108 valence electrons. The van der Waals surface area contributed by atoms with Crippen molar-refractivity contribution in [3.8, 4) is 5.75 Å². The van der Waals surface area contributed by atoms with Crippen molar-refractivity contribution >= 4 is 5.91 Å². The summed E-state index contributed by atoms with van der Waals surface area (Å²) in [6.07, 6.45) is 2.82. The van der Waals surface area contributed by atoms with E-state index in [1.807, 2.05) is 35.2 Å².